The van der Waals surface area contributed by atoms with Crippen molar-refractivity contribution in [2.45, 2.75) is 32.7 Å². The van der Waals surface area contributed by atoms with Gasteiger partial charge in [-0.25, -0.2) is 19.4 Å². The fourth-order valence-corrected chi connectivity index (χ4v) is 4.24. The van der Waals surface area contributed by atoms with Crippen molar-refractivity contribution < 1.29 is 13.9 Å². The Morgan fingerprint density at radius 3 is 3.03 bits per heavy atom. The Kier molecular flexibility index (Phi) is 5.45. The van der Waals surface area contributed by atoms with Crippen LogP contribution in [0.2, 0.25) is 0 Å². The number of rotatable bonds is 6. The van der Waals surface area contributed by atoms with E-state index in [0.717, 1.165) is 24.8 Å². The zero-order valence-electron chi connectivity index (χ0n) is 18.4. The van der Waals surface area contributed by atoms with Crippen molar-refractivity contribution >= 4 is 40.1 Å². The summed E-state index contributed by atoms with van der Waals surface area (Å²) < 4.78 is 12.6. The van der Waals surface area contributed by atoms with Crippen LogP contribution in [0.5, 0.6) is 0 Å². The van der Waals surface area contributed by atoms with Gasteiger partial charge in [-0.3, -0.25) is 0 Å². The van der Waals surface area contributed by atoms with E-state index in [1.54, 1.807) is 11.0 Å². The fourth-order valence-electron chi connectivity index (χ4n) is 4.24. The molecule has 1 fully saturated rings. The number of hydrogen-bond donors (Lipinski definition) is 2. The molecule has 1 aliphatic heterocycles. The largest absolute Gasteiger partial charge is 0.449 e. The smallest absolute Gasteiger partial charge is 0.409 e. The van der Waals surface area contributed by atoms with Crippen LogP contribution in [0, 0.1) is 5.92 Å². The Morgan fingerprint density at radius 2 is 2.18 bits per heavy atom. The lowest BCUT2D eigenvalue weighted by molar-refractivity contribution is 0.108. The zero-order chi connectivity index (χ0) is 22.9. The second-order valence-corrected chi connectivity index (χ2v) is 8.29. The number of amides is 1. The Hall–Kier alpha value is -3.89. The number of likely N-dealkylation sites (tertiary alicyclic amines) is 1. The number of nitrogens with two attached hydrogens (primary N) is 2. The summed E-state index contributed by atoms with van der Waals surface area (Å²) in [6.07, 6.45) is 3.92. The van der Waals surface area contributed by atoms with Gasteiger partial charge in [-0.15, -0.1) is 0 Å². The molecule has 1 atom stereocenters. The molecule has 4 heterocycles. The predicted molar refractivity (Wildman–Crippen MR) is 123 cm³/mol. The van der Waals surface area contributed by atoms with Crippen molar-refractivity contribution in [3.63, 3.8) is 0 Å². The number of nitrogen functional groups attached to an aromatic ring is 2. The molecule has 1 amide bonds. The maximum absolute atomic E-state index is 12.3. The van der Waals surface area contributed by atoms with Crippen LogP contribution < -0.4 is 11.5 Å². The van der Waals surface area contributed by atoms with Gasteiger partial charge in [-0.1, -0.05) is 13.3 Å². The summed E-state index contributed by atoms with van der Waals surface area (Å²) >= 11 is 0. The van der Waals surface area contributed by atoms with Crippen molar-refractivity contribution in [2.75, 3.05) is 31.2 Å². The van der Waals surface area contributed by atoms with Crippen LogP contribution in [-0.4, -0.2) is 55.4 Å². The predicted octanol–water partition coefficient (Wildman–Crippen LogP) is 3.06. The normalized spacial score (nSPS) is 16.2. The average molecular weight is 451 g/mol. The van der Waals surface area contributed by atoms with E-state index in [4.69, 9.17) is 25.7 Å². The van der Waals surface area contributed by atoms with Gasteiger partial charge < -0.3 is 25.5 Å². The van der Waals surface area contributed by atoms with Crippen molar-refractivity contribution in [2.24, 2.45) is 5.92 Å². The number of carbonyl (C=O) groups excluding carboxylic acids is 1. The Bertz CT molecular complexity index is 1310. The minimum Gasteiger partial charge on any atom is -0.449 e. The molecule has 1 unspecified atom stereocenters. The van der Waals surface area contributed by atoms with Gasteiger partial charge in [0.15, 0.2) is 11.2 Å². The van der Waals surface area contributed by atoms with Crippen molar-refractivity contribution in [3.05, 3.63) is 24.5 Å². The molecule has 1 saturated heterocycles. The third-order valence-corrected chi connectivity index (χ3v) is 5.93. The molecule has 172 valence electrons. The summed E-state index contributed by atoms with van der Waals surface area (Å²) in [7, 11) is 0. The van der Waals surface area contributed by atoms with E-state index < -0.39 is 0 Å². The maximum atomic E-state index is 12.3. The van der Waals surface area contributed by atoms with Crippen molar-refractivity contribution in [1.82, 2.24) is 29.6 Å². The summed E-state index contributed by atoms with van der Waals surface area (Å²) in [6, 6.07) is 5.66. The number of nitrogens with zero attached hydrogens (tertiary/aromatic N) is 6. The van der Waals surface area contributed by atoms with Gasteiger partial charge in [0.25, 0.3) is 6.01 Å². The van der Waals surface area contributed by atoms with Crippen LogP contribution in [0.3, 0.4) is 0 Å². The molecular formula is C22H26N8O3. The Morgan fingerprint density at radius 1 is 1.30 bits per heavy atom. The standard InChI is InChI=1S/C22H26N8O3/c1-2-3-8-32-22(31)29-7-6-13(10-29)11-30-20-17(19(23)25-12-26-20)18(28-30)14-4-5-16-15(9-14)27-21(24)33-16/h4-5,9,12-13H,2-3,6-8,10-11H2,1H3,(H2,24,27)(H2,23,25,26). The second kappa shape index (κ2) is 8.57. The number of hydrogen-bond acceptors (Lipinski definition) is 9. The van der Waals surface area contributed by atoms with Crippen LogP contribution in [0.25, 0.3) is 33.4 Å². The van der Waals surface area contributed by atoms with E-state index in [2.05, 4.69) is 21.9 Å². The van der Waals surface area contributed by atoms with Crippen LogP contribution in [0.1, 0.15) is 26.2 Å². The molecular weight excluding hydrogens is 424 g/mol. The van der Waals surface area contributed by atoms with Crippen molar-refractivity contribution in [3.8, 4) is 11.3 Å². The highest BCUT2D eigenvalue weighted by atomic mass is 16.6. The third kappa shape index (κ3) is 4.01. The molecule has 5 rings (SSSR count). The van der Waals surface area contributed by atoms with Gasteiger partial charge in [0.1, 0.15) is 23.4 Å². The molecule has 11 heteroatoms. The van der Waals surface area contributed by atoms with E-state index in [9.17, 15) is 4.79 Å². The average Bonchev–Trinajstić information content (AvgIpc) is 3.51. The van der Waals surface area contributed by atoms with E-state index in [0.29, 0.717) is 59.9 Å². The molecule has 0 saturated carbocycles. The first-order chi connectivity index (χ1) is 16.0. The molecule has 3 aromatic heterocycles. The summed E-state index contributed by atoms with van der Waals surface area (Å²) in [6.45, 7) is 4.42. The number of fused-ring (bicyclic) bond motifs is 2. The highest BCUT2D eigenvalue weighted by molar-refractivity contribution is 5.99. The molecule has 4 aromatic rings. The van der Waals surface area contributed by atoms with Gasteiger partial charge in [-0.2, -0.15) is 10.1 Å². The minimum atomic E-state index is -0.247. The highest BCUT2D eigenvalue weighted by Crippen LogP contribution is 2.33. The number of carbonyl (C=O) groups is 1. The van der Waals surface area contributed by atoms with Gasteiger partial charge in [0.05, 0.1) is 12.0 Å². The Balaban J connectivity index is 1.41. The van der Waals surface area contributed by atoms with Gasteiger partial charge >= 0.3 is 6.09 Å². The lowest BCUT2D eigenvalue weighted by Crippen LogP contribution is -2.30. The number of ether oxygens (including phenoxy) is 1. The van der Waals surface area contributed by atoms with Crippen LogP contribution >= 0.6 is 0 Å². The molecule has 0 radical (unpaired) electrons. The third-order valence-electron chi connectivity index (χ3n) is 5.93. The molecule has 0 spiro atoms. The lowest BCUT2D eigenvalue weighted by Gasteiger charge is -2.16. The molecule has 0 bridgehead atoms. The summed E-state index contributed by atoms with van der Waals surface area (Å²) in [4.78, 5) is 26.9. The summed E-state index contributed by atoms with van der Waals surface area (Å²) in [5.74, 6) is 0.585. The topological polar surface area (TPSA) is 151 Å². The Labute approximate surface area is 189 Å². The molecule has 33 heavy (non-hydrogen) atoms. The number of oxazole rings is 1. The maximum Gasteiger partial charge on any atom is 0.409 e. The lowest BCUT2D eigenvalue weighted by atomic mass is 10.1. The SMILES string of the molecule is CCCCOC(=O)N1CCC(Cn2nc(-c3ccc4oc(N)nc4c3)c3c(N)ncnc32)C1. The zero-order valence-corrected chi connectivity index (χ0v) is 18.4. The van der Waals surface area contributed by atoms with Crippen LogP contribution in [-0.2, 0) is 11.3 Å². The van der Waals surface area contributed by atoms with E-state index in [1.807, 2.05) is 16.8 Å². The first kappa shape index (κ1) is 21.0. The van der Waals surface area contributed by atoms with E-state index in [-0.39, 0.29) is 18.0 Å². The first-order valence-electron chi connectivity index (χ1n) is 11.1. The number of anilines is 2. The molecule has 4 N–H and O–H groups in total. The molecule has 1 aliphatic rings. The second-order valence-electron chi connectivity index (χ2n) is 8.29. The summed E-state index contributed by atoms with van der Waals surface area (Å²) in [5, 5.41) is 5.52. The van der Waals surface area contributed by atoms with Gasteiger partial charge in [0.2, 0.25) is 0 Å². The molecule has 1 aromatic carbocycles. The minimum absolute atomic E-state index is 0.111. The number of benzene rings is 1. The number of aromatic nitrogens is 5. The first-order valence-corrected chi connectivity index (χ1v) is 11.1. The van der Waals surface area contributed by atoms with Crippen LogP contribution in [0.15, 0.2) is 28.9 Å². The monoisotopic (exact) mass is 450 g/mol. The van der Waals surface area contributed by atoms with E-state index in [1.165, 1.54) is 6.33 Å². The summed E-state index contributed by atoms with van der Waals surface area (Å²) in [5.41, 5.74) is 15.3. The molecule has 0 aliphatic carbocycles. The fraction of sp³-hybridized carbons (Fsp3) is 0.409. The van der Waals surface area contributed by atoms with Crippen molar-refractivity contribution in [1.29, 1.82) is 0 Å². The quantitative estimate of drug-likeness (QED) is 0.422. The van der Waals surface area contributed by atoms with Crippen LogP contribution in [0.4, 0.5) is 16.6 Å². The molecule has 11 nitrogen and oxygen atoms in total. The van der Waals surface area contributed by atoms with Gasteiger partial charge in [-0.05, 0) is 37.0 Å². The van der Waals surface area contributed by atoms with Gasteiger partial charge in [0, 0.05) is 25.2 Å². The highest BCUT2D eigenvalue weighted by Gasteiger charge is 2.29. The van der Waals surface area contributed by atoms with E-state index >= 15 is 0 Å². The number of unbranched alkanes of at least 4 members (excludes halogenated alkanes) is 1.